The van der Waals surface area contributed by atoms with Crippen LogP contribution in [-0.2, 0) is 20.8 Å². The number of anilines is 1. The lowest BCUT2D eigenvalue weighted by molar-refractivity contribution is -0.133. The summed E-state index contributed by atoms with van der Waals surface area (Å²) in [5.74, 6) is 2.55. The molecule has 0 spiro atoms. The summed E-state index contributed by atoms with van der Waals surface area (Å²) in [5.41, 5.74) is 2.56. The molecule has 28 heavy (non-hydrogen) atoms. The van der Waals surface area contributed by atoms with E-state index in [0.29, 0.717) is 13.2 Å². The van der Waals surface area contributed by atoms with Crippen LogP contribution in [0.3, 0.4) is 0 Å². The van der Waals surface area contributed by atoms with Crippen LogP contribution in [-0.4, -0.2) is 31.3 Å². The molecule has 4 heteroatoms. The van der Waals surface area contributed by atoms with E-state index in [-0.39, 0.29) is 12.0 Å². The first-order chi connectivity index (χ1) is 13.7. The fourth-order valence-corrected chi connectivity index (χ4v) is 3.31. The van der Waals surface area contributed by atoms with E-state index in [1.807, 2.05) is 54.6 Å². The maximum absolute atomic E-state index is 13.2. The quantitative estimate of drug-likeness (QED) is 0.680. The summed E-state index contributed by atoms with van der Waals surface area (Å²) in [7, 11) is 0. The van der Waals surface area contributed by atoms with Crippen LogP contribution in [0.5, 0.6) is 0 Å². The second-order valence-corrected chi connectivity index (χ2v) is 7.07. The fraction of sp³-hybridized carbons (Fsp3) is 0.375. The van der Waals surface area contributed by atoms with Crippen LogP contribution in [0.15, 0.2) is 54.6 Å². The fourth-order valence-electron chi connectivity index (χ4n) is 3.31. The molecule has 0 radical (unpaired) electrons. The molecule has 1 aliphatic rings. The smallest absolute Gasteiger partial charge is 0.256 e. The minimum absolute atomic E-state index is 0.0799. The van der Waals surface area contributed by atoms with Gasteiger partial charge in [0.1, 0.15) is 6.10 Å². The van der Waals surface area contributed by atoms with Gasteiger partial charge in [-0.3, -0.25) is 4.79 Å². The largest absolute Gasteiger partial charge is 0.376 e. The predicted octanol–water partition coefficient (Wildman–Crippen LogP) is 4.18. The van der Waals surface area contributed by atoms with Gasteiger partial charge >= 0.3 is 0 Å². The Morgan fingerprint density at radius 2 is 2.07 bits per heavy atom. The van der Waals surface area contributed by atoms with Gasteiger partial charge in [-0.15, -0.1) is 6.42 Å². The van der Waals surface area contributed by atoms with Crippen molar-refractivity contribution in [3.05, 3.63) is 65.7 Å². The minimum Gasteiger partial charge on any atom is -0.376 e. The van der Waals surface area contributed by atoms with E-state index in [0.717, 1.165) is 42.7 Å². The van der Waals surface area contributed by atoms with Crippen molar-refractivity contribution in [1.82, 2.24) is 0 Å². The molecule has 2 atom stereocenters. The summed E-state index contributed by atoms with van der Waals surface area (Å²) < 4.78 is 11.6. The standard InChI is InChI=1S/C24H27NO3/c1-3-20-12-9-13-22(16-20)25(17-21-10-5-4-6-11-21)24(26)19(2)28-18-23-14-7-8-15-27-23/h1,4-6,9-13,16,19,23H,7-8,14-15,17-18H2,2H3. The van der Waals surface area contributed by atoms with Gasteiger partial charge in [-0.2, -0.15) is 0 Å². The zero-order chi connectivity index (χ0) is 19.8. The number of amides is 1. The van der Waals surface area contributed by atoms with Crippen molar-refractivity contribution < 1.29 is 14.3 Å². The Morgan fingerprint density at radius 1 is 1.25 bits per heavy atom. The molecule has 0 saturated carbocycles. The SMILES string of the molecule is C#Cc1cccc(N(Cc2ccccc2)C(=O)C(C)OCC2CCCCO2)c1. The minimum atomic E-state index is -0.566. The summed E-state index contributed by atoms with van der Waals surface area (Å²) in [5, 5.41) is 0. The monoisotopic (exact) mass is 377 g/mol. The molecule has 0 N–H and O–H groups in total. The zero-order valence-electron chi connectivity index (χ0n) is 16.3. The third-order valence-electron chi connectivity index (χ3n) is 4.93. The van der Waals surface area contributed by atoms with E-state index in [2.05, 4.69) is 5.92 Å². The van der Waals surface area contributed by atoms with E-state index in [4.69, 9.17) is 15.9 Å². The van der Waals surface area contributed by atoms with E-state index >= 15 is 0 Å². The molecule has 1 amide bonds. The molecule has 3 rings (SSSR count). The molecule has 1 aliphatic heterocycles. The number of carbonyl (C=O) groups excluding carboxylic acids is 1. The molecule has 1 heterocycles. The summed E-state index contributed by atoms with van der Waals surface area (Å²) in [6.45, 7) is 3.47. The number of ether oxygens (including phenoxy) is 2. The summed E-state index contributed by atoms with van der Waals surface area (Å²) in [6, 6.07) is 17.4. The number of hydrogen-bond acceptors (Lipinski definition) is 3. The van der Waals surface area contributed by atoms with Gasteiger partial charge in [0.05, 0.1) is 19.3 Å². The van der Waals surface area contributed by atoms with Crippen molar-refractivity contribution in [3.63, 3.8) is 0 Å². The molecule has 2 aromatic carbocycles. The van der Waals surface area contributed by atoms with Gasteiger partial charge in [-0.1, -0.05) is 42.3 Å². The number of hydrogen-bond donors (Lipinski definition) is 0. The van der Waals surface area contributed by atoms with Gasteiger partial charge in [0, 0.05) is 17.9 Å². The number of rotatable bonds is 7. The Labute approximate surface area is 167 Å². The van der Waals surface area contributed by atoms with Crippen LogP contribution in [0.4, 0.5) is 5.69 Å². The molecule has 1 fully saturated rings. The molecular weight excluding hydrogens is 350 g/mol. The number of terminal acetylenes is 1. The predicted molar refractivity (Wildman–Crippen MR) is 111 cm³/mol. The van der Waals surface area contributed by atoms with Gasteiger partial charge in [0.2, 0.25) is 0 Å². The first-order valence-electron chi connectivity index (χ1n) is 9.82. The number of benzene rings is 2. The Balaban J connectivity index is 1.74. The highest BCUT2D eigenvalue weighted by molar-refractivity contribution is 5.96. The maximum Gasteiger partial charge on any atom is 0.256 e. The first-order valence-corrected chi connectivity index (χ1v) is 9.82. The normalized spacial score (nSPS) is 17.5. The summed E-state index contributed by atoms with van der Waals surface area (Å²) in [6.07, 6.45) is 8.29. The van der Waals surface area contributed by atoms with Gasteiger partial charge in [-0.05, 0) is 49.9 Å². The van der Waals surface area contributed by atoms with E-state index in [1.165, 1.54) is 0 Å². The molecule has 0 aromatic heterocycles. The van der Waals surface area contributed by atoms with E-state index in [9.17, 15) is 4.79 Å². The van der Waals surface area contributed by atoms with Gasteiger partial charge in [0.25, 0.3) is 5.91 Å². The topological polar surface area (TPSA) is 38.8 Å². The number of carbonyl (C=O) groups is 1. The molecule has 0 aliphatic carbocycles. The maximum atomic E-state index is 13.2. The Hall–Kier alpha value is -2.61. The van der Waals surface area contributed by atoms with Crippen LogP contribution < -0.4 is 4.90 Å². The molecule has 2 unspecified atom stereocenters. The van der Waals surface area contributed by atoms with Crippen LogP contribution in [0.1, 0.15) is 37.3 Å². The van der Waals surface area contributed by atoms with Crippen LogP contribution in [0, 0.1) is 12.3 Å². The Morgan fingerprint density at radius 3 is 2.79 bits per heavy atom. The van der Waals surface area contributed by atoms with E-state index in [1.54, 1.807) is 11.8 Å². The zero-order valence-corrected chi connectivity index (χ0v) is 16.3. The molecule has 2 aromatic rings. The number of nitrogens with zero attached hydrogens (tertiary/aromatic N) is 1. The van der Waals surface area contributed by atoms with Crippen molar-refractivity contribution in [3.8, 4) is 12.3 Å². The van der Waals surface area contributed by atoms with Crippen molar-refractivity contribution in [2.75, 3.05) is 18.1 Å². The van der Waals surface area contributed by atoms with Crippen molar-refractivity contribution in [2.24, 2.45) is 0 Å². The molecule has 0 bridgehead atoms. The second-order valence-electron chi connectivity index (χ2n) is 7.07. The van der Waals surface area contributed by atoms with Crippen molar-refractivity contribution in [1.29, 1.82) is 0 Å². The molecular formula is C24H27NO3. The van der Waals surface area contributed by atoms with Gasteiger partial charge in [0.15, 0.2) is 0 Å². The highest BCUT2D eigenvalue weighted by Gasteiger charge is 2.25. The summed E-state index contributed by atoms with van der Waals surface area (Å²) in [4.78, 5) is 15.0. The lowest BCUT2D eigenvalue weighted by Gasteiger charge is -2.28. The third kappa shape index (κ3) is 5.45. The van der Waals surface area contributed by atoms with Crippen molar-refractivity contribution in [2.45, 2.75) is 44.9 Å². The van der Waals surface area contributed by atoms with Crippen LogP contribution >= 0.6 is 0 Å². The highest BCUT2D eigenvalue weighted by Crippen LogP contribution is 2.21. The third-order valence-corrected chi connectivity index (χ3v) is 4.93. The van der Waals surface area contributed by atoms with Crippen LogP contribution in [0.25, 0.3) is 0 Å². The molecule has 1 saturated heterocycles. The van der Waals surface area contributed by atoms with Gasteiger partial charge < -0.3 is 14.4 Å². The average molecular weight is 377 g/mol. The lowest BCUT2D eigenvalue weighted by Crippen LogP contribution is -2.40. The van der Waals surface area contributed by atoms with Crippen molar-refractivity contribution >= 4 is 11.6 Å². The lowest BCUT2D eigenvalue weighted by atomic mass is 10.1. The molecule has 146 valence electrons. The van der Waals surface area contributed by atoms with E-state index < -0.39 is 6.10 Å². The molecule has 4 nitrogen and oxygen atoms in total. The summed E-state index contributed by atoms with van der Waals surface area (Å²) >= 11 is 0. The Bertz CT molecular complexity index is 806. The first kappa shape index (κ1) is 20.1. The highest BCUT2D eigenvalue weighted by atomic mass is 16.5. The van der Waals surface area contributed by atoms with Gasteiger partial charge in [-0.25, -0.2) is 0 Å². The Kier molecular flexibility index (Phi) is 7.25. The van der Waals surface area contributed by atoms with Crippen LogP contribution in [0.2, 0.25) is 0 Å². The average Bonchev–Trinajstić information content (AvgIpc) is 2.76. The second kappa shape index (κ2) is 10.1.